The van der Waals surface area contributed by atoms with Gasteiger partial charge in [0.1, 0.15) is 0 Å². The summed E-state index contributed by atoms with van der Waals surface area (Å²) in [5.41, 5.74) is 0. The van der Waals surface area contributed by atoms with Crippen molar-refractivity contribution in [1.82, 2.24) is 0 Å². The third-order valence-corrected chi connectivity index (χ3v) is 0. The topological polar surface area (TPSA) is 97.7 Å². The Balaban J connectivity index is -0.0000000450. The summed E-state index contributed by atoms with van der Waals surface area (Å²) in [7, 11) is 0. The molecular weight excluding hydrogens is 179 g/mol. The Bertz CT molecular complexity index is 30.5. The monoisotopic (exact) mass is 182 g/mol. The van der Waals surface area contributed by atoms with Crippen LogP contribution in [0.25, 0.3) is 0 Å². The Morgan fingerprint density at radius 1 is 1.33 bits per heavy atom. The van der Waals surface area contributed by atoms with Gasteiger partial charge in [0.05, 0.1) is 5.09 Å². The maximum atomic E-state index is 8.25. The molecule has 0 amide bonds. The van der Waals surface area contributed by atoms with E-state index in [0.717, 1.165) is 0 Å². The van der Waals surface area contributed by atoms with E-state index in [9.17, 15) is 0 Å². The van der Waals surface area contributed by atoms with Crippen LogP contribution < -0.4 is 0 Å². The van der Waals surface area contributed by atoms with E-state index in [4.69, 9.17) is 15.3 Å². The fraction of sp³-hybridized carbons (Fsp3) is 0. The average Bonchev–Trinajstić information content (AvgIpc) is 0.811. The van der Waals surface area contributed by atoms with Crippen LogP contribution in [0.5, 0.6) is 0 Å². The zero-order valence-corrected chi connectivity index (χ0v) is 4.26. The van der Waals surface area contributed by atoms with Crippen LogP contribution in [0.1, 0.15) is 0 Å². The number of hydrogen-bond acceptors (Lipinski definition) is 3. The van der Waals surface area contributed by atoms with Crippen LogP contribution in [0.4, 0.5) is 0 Å². The molecular formula is H2NO4Ru+. The zero-order chi connectivity index (χ0) is 3.58. The van der Waals surface area contributed by atoms with Crippen molar-refractivity contribution in [2.75, 3.05) is 0 Å². The normalized spacial score (nSPS) is 4.00. The van der Waals surface area contributed by atoms with Gasteiger partial charge in [-0.1, -0.05) is 0 Å². The summed E-state index contributed by atoms with van der Waals surface area (Å²) in [5.74, 6) is 0. The van der Waals surface area contributed by atoms with Crippen molar-refractivity contribution in [3.63, 3.8) is 0 Å². The molecule has 0 aliphatic heterocycles. The number of rotatable bonds is 0. The second kappa shape index (κ2) is 8.84. The quantitative estimate of drug-likeness (QED) is 0.270. The molecule has 0 aliphatic carbocycles. The molecule has 5 nitrogen and oxygen atoms in total. The summed E-state index contributed by atoms with van der Waals surface area (Å²) in [6.45, 7) is 0. The minimum atomic E-state index is -1.75. The van der Waals surface area contributed by atoms with E-state index in [1.165, 1.54) is 0 Å². The van der Waals surface area contributed by atoms with Gasteiger partial charge in [0.2, 0.25) is 0 Å². The number of hydrogen-bond donors (Lipinski definition) is 0. The van der Waals surface area contributed by atoms with Crippen molar-refractivity contribution in [2.24, 2.45) is 0 Å². The largest absolute Gasteiger partial charge is 2.00 e. The molecule has 0 spiro atoms. The fourth-order valence-electron chi connectivity index (χ4n) is 0. The van der Waals surface area contributed by atoms with Gasteiger partial charge in [-0.3, -0.25) is 0 Å². The average molecular weight is 181 g/mol. The molecule has 0 saturated carbocycles. The first-order valence-corrected chi connectivity index (χ1v) is 0.548. The summed E-state index contributed by atoms with van der Waals surface area (Å²) < 4.78 is 0. The Labute approximate surface area is 46.1 Å². The van der Waals surface area contributed by atoms with Crippen LogP contribution in [0.2, 0.25) is 0 Å². The molecule has 0 aliphatic rings. The van der Waals surface area contributed by atoms with Gasteiger partial charge in [-0.25, -0.2) is 0 Å². The van der Waals surface area contributed by atoms with E-state index in [-0.39, 0.29) is 25.0 Å². The molecule has 0 saturated heterocycles. The molecule has 6 heavy (non-hydrogen) atoms. The van der Waals surface area contributed by atoms with E-state index in [1.54, 1.807) is 0 Å². The molecule has 0 bridgehead atoms. The minimum absolute atomic E-state index is 0. The minimum Gasteiger partial charge on any atom is -0.412 e. The molecule has 2 N–H and O–H groups in total. The summed E-state index contributed by atoms with van der Waals surface area (Å²) in [4.78, 5) is 8.25. The molecule has 0 aromatic carbocycles. The molecule has 38 valence electrons. The van der Waals surface area contributed by atoms with Gasteiger partial charge in [0.25, 0.3) is 0 Å². The Morgan fingerprint density at radius 2 is 1.33 bits per heavy atom. The van der Waals surface area contributed by atoms with E-state index >= 15 is 0 Å². The van der Waals surface area contributed by atoms with Crippen molar-refractivity contribution in [3.05, 3.63) is 15.3 Å². The van der Waals surface area contributed by atoms with Gasteiger partial charge < -0.3 is 20.8 Å². The van der Waals surface area contributed by atoms with Crippen molar-refractivity contribution in [1.29, 1.82) is 0 Å². The molecule has 0 fully saturated rings. The first kappa shape index (κ1) is 17.1. The summed E-state index contributed by atoms with van der Waals surface area (Å²) >= 11 is 0. The van der Waals surface area contributed by atoms with Crippen molar-refractivity contribution in [3.8, 4) is 0 Å². The maximum Gasteiger partial charge on any atom is 2.00 e. The molecule has 0 aromatic rings. The Hall–Kier alpha value is -0.217. The van der Waals surface area contributed by atoms with Gasteiger partial charge >= 0.3 is 19.5 Å². The Morgan fingerprint density at radius 3 is 1.33 bits per heavy atom. The van der Waals surface area contributed by atoms with Crippen LogP contribution in [0, 0.1) is 15.3 Å². The summed E-state index contributed by atoms with van der Waals surface area (Å²) in [6, 6.07) is 0. The molecule has 0 atom stereocenters. The predicted octanol–water partition coefficient (Wildman–Crippen LogP) is -1.07. The third kappa shape index (κ3) is 625. The van der Waals surface area contributed by atoms with Crippen LogP contribution in [-0.4, -0.2) is 10.6 Å². The van der Waals surface area contributed by atoms with Gasteiger partial charge in [0.15, 0.2) is 0 Å². The smallest absolute Gasteiger partial charge is 0.412 e. The van der Waals surface area contributed by atoms with E-state index in [1.807, 2.05) is 0 Å². The van der Waals surface area contributed by atoms with Crippen molar-refractivity contribution in [2.45, 2.75) is 0 Å². The SMILES string of the molecule is O.O=[N+]([O-])[O-].[Ru+2]. The zero-order valence-electron chi connectivity index (χ0n) is 2.53. The summed E-state index contributed by atoms with van der Waals surface area (Å²) in [6.07, 6.45) is 0. The standard InChI is InChI=1S/NO3.H2O.Ru/c2-1(3)4;;/h;1H2;/q-1;;+2. The van der Waals surface area contributed by atoms with Gasteiger partial charge in [-0.2, -0.15) is 0 Å². The van der Waals surface area contributed by atoms with Crippen LogP contribution in [-0.2, 0) is 19.5 Å². The molecule has 0 aromatic heterocycles. The second-order valence-corrected chi connectivity index (χ2v) is 0.224. The fourth-order valence-corrected chi connectivity index (χ4v) is 0. The second-order valence-electron chi connectivity index (χ2n) is 0.224. The maximum absolute atomic E-state index is 8.25. The summed E-state index contributed by atoms with van der Waals surface area (Å²) in [5, 5.41) is 14.8. The predicted molar refractivity (Wildman–Crippen MR) is 14.0 cm³/mol. The van der Waals surface area contributed by atoms with Gasteiger partial charge in [0, 0.05) is 0 Å². The van der Waals surface area contributed by atoms with Gasteiger partial charge in [-0.05, 0) is 0 Å². The van der Waals surface area contributed by atoms with Crippen LogP contribution in [0.15, 0.2) is 0 Å². The van der Waals surface area contributed by atoms with E-state index in [0.29, 0.717) is 0 Å². The molecule has 0 unspecified atom stereocenters. The van der Waals surface area contributed by atoms with Crippen molar-refractivity contribution >= 4 is 0 Å². The first-order chi connectivity index (χ1) is 1.73. The van der Waals surface area contributed by atoms with Crippen molar-refractivity contribution < 1.29 is 30.0 Å². The van der Waals surface area contributed by atoms with Crippen LogP contribution in [0.3, 0.4) is 0 Å². The molecule has 0 heterocycles. The number of nitrogens with zero attached hydrogens (tertiary/aromatic N) is 1. The first-order valence-electron chi connectivity index (χ1n) is 0.548. The third-order valence-electron chi connectivity index (χ3n) is 0. The molecule has 0 rings (SSSR count). The van der Waals surface area contributed by atoms with Crippen LogP contribution >= 0.6 is 0 Å². The molecule has 6 heteroatoms. The van der Waals surface area contributed by atoms with E-state index in [2.05, 4.69) is 0 Å². The molecule has 0 radical (unpaired) electrons. The van der Waals surface area contributed by atoms with E-state index < -0.39 is 5.09 Å². The Kier molecular flexibility index (Phi) is 25.2. The van der Waals surface area contributed by atoms with Gasteiger partial charge in [-0.15, -0.1) is 0 Å².